The average molecular weight is 666 g/mol. The minimum Gasteiger partial charge on any atom is -0.309 e. The Morgan fingerprint density at radius 1 is 0.460 bits per heavy atom. The summed E-state index contributed by atoms with van der Waals surface area (Å²) in [6, 6.07) is 32.7. The molecule has 0 radical (unpaired) electrons. The Hall–Kier alpha value is -6.43. The molecule has 0 N–H and O–H groups in total. The predicted octanol–water partition coefficient (Wildman–Crippen LogP) is 12.0. The van der Waals surface area contributed by atoms with Crippen molar-refractivity contribution in [3.63, 3.8) is 0 Å². The highest BCUT2D eigenvalue weighted by molar-refractivity contribution is 7.25. The van der Waals surface area contributed by atoms with Gasteiger partial charge in [-0.3, -0.25) is 0 Å². The van der Waals surface area contributed by atoms with E-state index in [1.807, 2.05) is 72.8 Å². The highest BCUT2D eigenvalue weighted by Crippen LogP contribution is 2.39. The van der Waals surface area contributed by atoms with Gasteiger partial charge in [0.05, 0.1) is 23.4 Å². The summed E-state index contributed by atoms with van der Waals surface area (Å²) in [5.41, 5.74) is 3.56. The molecule has 3 heterocycles. The summed E-state index contributed by atoms with van der Waals surface area (Å²) in [5.74, 6) is 1.34. The lowest BCUT2D eigenvalue weighted by atomic mass is 9.99. The predicted molar refractivity (Wildman–Crippen MR) is 209 cm³/mol. The van der Waals surface area contributed by atoms with Crippen molar-refractivity contribution in [2.45, 2.75) is 0 Å². The zero-order chi connectivity index (χ0) is 40.9. The number of fused-ring (bicyclic) bond motifs is 6. The molecule has 0 amide bonds. The van der Waals surface area contributed by atoms with E-state index in [0.717, 1.165) is 21.2 Å². The van der Waals surface area contributed by atoms with Crippen LogP contribution < -0.4 is 0 Å². The maximum atomic E-state index is 9.16. The number of para-hydroxylation sites is 1. The quantitative estimate of drug-likeness (QED) is 0.184. The highest BCUT2D eigenvalue weighted by atomic mass is 32.1. The van der Waals surface area contributed by atoms with Gasteiger partial charge in [-0.15, -0.1) is 11.3 Å². The number of hydrogen-bond acceptors (Lipinski definition) is 4. The molecule has 0 atom stereocenters. The fourth-order valence-corrected chi connectivity index (χ4v) is 7.77. The van der Waals surface area contributed by atoms with E-state index in [1.165, 1.54) is 10.1 Å². The van der Waals surface area contributed by atoms with Gasteiger partial charge in [-0.2, -0.15) is 0 Å². The molecule has 234 valence electrons. The van der Waals surface area contributed by atoms with Crippen LogP contribution in [0.15, 0.2) is 170 Å². The molecule has 0 fully saturated rings. The maximum Gasteiger partial charge on any atom is 0.164 e. The number of benzene rings is 7. The van der Waals surface area contributed by atoms with Gasteiger partial charge < -0.3 is 4.57 Å². The highest BCUT2D eigenvalue weighted by Gasteiger charge is 2.18. The lowest BCUT2D eigenvalue weighted by Gasteiger charge is -2.12. The van der Waals surface area contributed by atoms with Gasteiger partial charge in [-0.05, 0) is 47.5 Å². The van der Waals surface area contributed by atoms with Crippen molar-refractivity contribution in [1.29, 1.82) is 0 Å². The molecule has 5 heteroatoms. The van der Waals surface area contributed by atoms with Gasteiger partial charge >= 0.3 is 0 Å². The van der Waals surface area contributed by atoms with E-state index in [9.17, 15) is 0 Å². The standard InChI is InChI=1S/C45H28N4S/c1-3-13-29(14-4-1)34-21-12-23-39-42(34)37-20-7-9-22-38(37)49(39)33-18-11-17-31(27-33)44-46-43(30-15-5-2-6-16-30)47-45(48-44)32-25-26-36-35-19-8-10-24-40(35)50-41(36)28-32/h1-28H/i1D,3D,4D,7D,9D,13D,14D,20D,22D. The van der Waals surface area contributed by atoms with E-state index in [2.05, 4.69) is 24.3 Å². The number of rotatable bonds is 5. The first-order valence-corrected chi connectivity index (χ1v) is 16.8. The summed E-state index contributed by atoms with van der Waals surface area (Å²) in [4.78, 5) is 14.9. The molecule has 3 aromatic heterocycles. The van der Waals surface area contributed by atoms with Gasteiger partial charge in [0.2, 0.25) is 0 Å². The molecule has 10 aromatic rings. The normalized spacial score (nSPS) is 14.1. The number of nitrogens with zero attached hydrogens (tertiary/aromatic N) is 4. The summed E-state index contributed by atoms with van der Waals surface area (Å²) in [6.07, 6.45) is 0. The van der Waals surface area contributed by atoms with Crippen molar-refractivity contribution < 1.29 is 12.3 Å². The fourth-order valence-electron chi connectivity index (χ4n) is 6.62. The van der Waals surface area contributed by atoms with E-state index >= 15 is 0 Å². The largest absolute Gasteiger partial charge is 0.309 e. The van der Waals surface area contributed by atoms with Crippen molar-refractivity contribution >= 4 is 53.3 Å². The van der Waals surface area contributed by atoms with Gasteiger partial charge in [0.15, 0.2) is 17.5 Å². The van der Waals surface area contributed by atoms with Crippen molar-refractivity contribution in [2.75, 3.05) is 0 Å². The first-order chi connectivity index (χ1) is 28.5. The molecule has 7 aromatic carbocycles. The van der Waals surface area contributed by atoms with E-state index in [0.29, 0.717) is 39.6 Å². The molecule has 0 saturated heterocycles. The van der Waals surface area contributed by atoms with Gasteiger partial charge in [-0.1, -0.05) is 133 Å². The first kappa shape index (κ1) is 20.8. The fraction of sp³-hybridized carbons (Fsp3) is 0. The minimum atomic E-state index is -0.533. The van der Waals surface area contributed by atoms with E-state index in [1.54, 1.807) is 34.1 Å². The molecule has 0 saturated carbocycles. The Bertz CT molecular complexity index is 3370. The van der Waals surface area contributed by atoms with Crippen LogP contribution in [0.2, 0.25) is 0 Å². The van der Waals surface area contributed by atoms with Crippen LogP contribution >= 0.6 is 11.3 Å². The van der Waals surface area contributed by atoms with Gasteiger partial charge in [0.25, 0.3) is 0 Å². The Kier molecular flexibility index (Phi) is 4.84. The van der Waals surface area contributed by atoms with Crippen LogP contribution in [-0.4, -0.2) is 19.5 Å². The monoisotopic (exact) mass is 665 g/mol. The molecule has 0 aliphatic carbocycles. The van der Waals surface area contributed by atoms with Crippen molar-refractivity contribution in [2.24, 2.45) is 0 Å². The summed E-state index contributed by atoms with van der Waals surface area (Å²) in [5, 5.41) is 2.82. The Balaban J connectivity index is 1.22. The van der Waals surface area contributed by atoms with Crippen LogP contribution in [0, 0.1) is 0 Å². The molecular formula is C45H28N4S. The molecule has 50 heavy (non-hydrogen) atoms. The Morgan fingerprint density at radius 3 is 2.00 bits per heavy atom. The van der Waals surface area contributed by atoms with Crippen LogP contribution in [0.5, 0.6) is 0 Å². The van der Waals surface area contributed by atoms with E-state index in [-0.39, 0.29) is 34.1 Å². The van der Waals surface area contributed by atoms with E-state index in [4.69, 9.17) is 27.3 Å². The van der Waals surface area contributed by atoms with Crippen LogP contribution in [0.4, 0.5) is 0 Å². The molecular weight excluding hydrogens is 629 g/mol. The first-order valence-electron chi connectivity index (χ1n) is 20.5. The lowest BCUT2D eigenvalue weighted by molar-refractivity contribution is 1.07. The number of thiophene rings is 1. The van der Waals surface area contributed by atoms with Gasteiger partial charge in [0, 0.05) is 53.3 Å². The minimum absolute atomic E-state index is 0.0678. The van der Waals surface area contributed by atoms with Crippen molar-refractivity contribution in [3.8, 4) is 51.0 Å². The zero-order valence-corrected chi connectivity index (χ0v) is 27.0. The van der Waals surface area contributed by atoms with Crippen LogP contribution in [0.25, 0.3) is 93.0 Å². The number of hydrogen-bond donors (Lipinski definition) is 0. The van der Waals surface area contributed by atoms with Gasteiger partial charge in [0.1, 0.15) is 0 Å². The summed E-state index contributed by atoms with van der Waals surface area (Å²) in [7, 11) is 0. The third-order valence-electron chi connectivity index (χ3n) is 8.86. The lowest BCUT2D eigenvalue weighted by Crippen LogP contribution is -2.01. The summed E-state index contributed by atoms with van der Waals surface area (Å²) < 4.78 is 82.1. The van der Waals surface area contributed by atoms with Crippen molar-refractivity contribution in [1.82, 2.24) is 19.5 Å². The Morgan fingerprint density at radius 2 is 1.14 bits per heavy atom. The molecule has 0 unspecified atom stereocenters. The maximum absolute atomic E-state index is 9.16. The number of aromatic nitrogens is 4. The summed E-state index contributed by atoms with van der Waals surface area (Å²) in [6.45, 7) is 0. The molecule has 0 aliphatic rings. The van der Waals surface area contributed by atoms with Crippen LogP contribution in [-0.2, 0) is 0 Å². The van der Waals surface area contributed by atoms with Crippen LogP contribution in [0.1, 0.15) is 12.3 Å². The van der Waals surface area contributed by atoms with Crippen molar-refractivity contribution in [3.05, 3.63) is 170 Å². The molecule has 4 nitrogen and oxygen atoms in total. The van der Waals surface area contributed by atoms with E-state index < -0.39 is 42.3 Å². The SMILES string of the molecule is [2H]c1c([2H])c([2H])c(-c2cccc3c2c2c([2H])c([2H])c([2H])c([2H])c2n3-c2cccc(-c3nc(-c4ccccc4)nc(-c4ccc5c(c4)sc4ccccc45)n3)c2)c([2H])c1[2H]. The summed E-state index contributed by atoms with van der Waals surface area (Å²) >= 11 is 1.71. The molecule has 10 rings (SSSR count). The Labute approximate surface area is 305 Å². The second-order valence-electron chi connectivity index (χ2n) is 11.8. The third-order valence-corrected chi connectivity index (χ3v) is 9.99. The topological polar surface area (TPSA) is 43.6 Å². The third kappa shape index (κ3) is 4.71. The zero-order valence-electron chi connectivity index (χ0n) is 35.2. The second-order valence-corrected chi connectivity index (χ2v) is 12.9. The average Bonchev–Trinajstić information content (AvgIpc) is 3.83. The molecule has 0 aliphatic heterocycles. The smallest absolute Gasteiger partial charge is 0.164 e. The van der Waals surface area contributed by atoms with Crippen LogP contribution in [0.3, 0.4) is 0 Å². The van der Waals surface area contributed by atoms with Gasteiger partial charge in [-0.25, -0.2) is 15.0 Å². The second kappa shape index (κ2) is 11.6. The molecule has 0 spiro atoms. The molecule has 0 bridgehead atoms.